The third kappa shape index (κ3) is 3.40. The third-order valence-electron chi connectivity index (χ3n) is 3.35. The number of halogens is 3. The number of aromatic nitrogens is 2. The first-order chi connectivity index (χ1) is 10.1. The van der Waals surface area contributed by atoms with Crippen LogP contribution in [0.1, 0.15) is 17.9 Å². The number of carbonyl (C=O) groups is 1. The summed E-state index contributed by atoms with van der Waals surface area (Å²) in [5.74, 6) is 0.282. The highest BCUT2D eigenvalue weighted by atomic mass is 32.2. The van der Waals surface area contributed by atoms with Gasteiger partial charge >= 0.3 is 15.5 Å². The molecule has 0 atom stereocenters. The number of rotatable bonds is 4. The normalized spacial score (nSPS) is 15.7. The predicted octanol–water partition coefficient (Wildman–Crippen LogP) is 0.363. The molecule has 0 saturated heterocycles. The lowest BCUT2D eigenvalue weighted by Crippen LogP contribution is -2.41. The Balaban J connectivity index is 1.87. The number of sulfonamides is 1. The van der Waals surface area contributed by atoms with Crippen LogP contribution < -0.4 is 4.72 Å². The highest BCUT2D eigenvalue weighted by Crippen LogP contribution is 2.21. The number of amides is 1. The monoisotopic (exact) mass is 340 g/mol. The van der Waals surface area contributed by atoms with Crippen molar-refractivity contribution in [2.24, 2.45) is 0 Å². The molecule has 0 saturated carbocycles. The van der Waals surface area contributed by atoms with E-state index in [1.807, 2.05) is 11.5 Å². The Kier molecular flexibility index (Phi) is 4.47. The van der Waals surface area contributed by atoms with Gasteiger partial charge in [-0.05, 0) is 6.92 Å². The molecule has 0 spiro atoms. The van der Waals surface area contributed by atoms with E-state index in [9.17, 15) is 26.4 Å². The molecule has 1 aliphatic rings. The summed E-state index contributed by atoms with van der Waals surface area (Å²) in [6.45, 7) is 2.53. The predicted molar refractivity (Wildman–Crippen MR) is 70.0 cm³/mol. The lowest BCUT2D eigenvalue weighted by Gasteiger charge is -2.28. The fourth-order valence-corrected chi connectivity index (χ4v) is 2.69. The molecule has 0 aromatic carbocycles. The number of nitrogens with one attached hydrogen (secondary N) is 1. The van der Waals surface area contributed by atoms with Crippen molar-refractivity contribution in [1.82, 2.24) is 19.2 Å². The van der Waals surface area contributed by atoms with Gasteiger partial charge < -0.3 is 9.47 Å². The molecule has 1 aliphatic heterocycles. The fourth-order valence-electron chi connectivity index (χ4n) is 2.16. The molecule has 124 valence electrons. The van der Waals surface area contributed by atoms with Crippen LogP contribution in [-0.2, 0) is 27.9 Å². The summed E-state index contributed by atoms with van der Waals surface area (Å²) >= 11 is 0. The highest BCUT2D eigenvalue weighted by molar-refractivity contribution is 7.90. The molecule has 2 rings (SSSR count). The Bertz CT molecular complexity index is 669. The molecule has 2 heterocycles. The zero-order chi connectivity index (χ0) is 16.5. The zero-order valence-corrected chi connectivity index (χ0v) is 12.5. The molecule has 0 bridgehead atoms. The quantitative estimate of drug-likeness (QED) is 0.858. The van der Waals surface area contributed by atoms with Crippen molar-refractivity contribution >= 4 is 15.9 Å². The molecule has 0 unspecified atom stereocenters. The van der Waals surface area contributed by atoms with Gasteiger partial charge in [-0.1, -0.05) is 0 Å². The fraction of sp³-hybridized carbons (Fsp3) is 0.636. The first-order valence-electron chi connectivity index (χ1n) is 6.46. The van der Waals surface area contributed by atoms with E-state index in [0.717, 1.165) is 5.69 Å². The molecule has 1 aromatic heterocycles. The molecule has 1 N–H and O–H groups in total. The number of hydrogen-bond donors (Lipinski definition) is 1. The Labute approximate surface area is 125 Å². The van der Waals surface area contributed by atoms with Crippen LogP contribution in [0.15, 0.2) is 6.20 Å². The number of fused-ring (bicyclic) bond motifs is 1. The number of carbonyl (C=O) groups excluding carboxylic acids is 1. The van der Waals surface area contributed by atoms with Crippen molar-refractivity contribution in [3.63, 3.8) is 0 Å². The number of nitrogens with zero attached hydrogens (tertiary/aromatic N) is 3. The van der Waals surface area contributed by atoms with Gasteiger partial charge in [0.2, 0.25) is 5.91 Å². The topological polar surface area (TPSA) is 84.3 Å². The second kappa shape index (κ2) is 5.88. The van der Waals surface area contributed by atoms with E-state index in [1.54, 1.807) is 6.20 Å². The lowest BCUT2D eigenvalue weighted by molar-refractivity contribution is -0.132. The van der Waals surface area contributed by atoms with Gasteiger partial charge in [0.15, 0.2) is 0 Å². The summed E-state index contributed by atoms with van der Waals surface area (Å²) in [4.78, 5) is 17.5. The van der Waals surface area contributed by atoms with E-state index in [2.05, 4.69) is 4.98 Å². The van der Waals surface area contributed by atoms with Gasteiger partial charge in [0.25, 0.3) is 0 Å². The smallest absolute Gasteiger partial charge is 0.333 e. The maximum atomic E-state index is 12.1. The van der Waals surface area contributed by atoms with Gasteiger partial charge in [0.05, 0.1) is 6.54 Å². The number of imidazole rings is 1. The maximum absolute atomic E-state index is 12.1. The molecular weight excluding hydrogens is 325 g/mol. The largest absolute Gasteiger partial charge is 0.511 e. The van der Waals surface area contributed by atoms with Crippen LogP contribution in [0, 0.1) is 6.92 Å². The summed E-state index contributed by atoms with van der Waals surface area (Å²) in [7, 11) is -5.41. The first-order valence-corrected chi connectivity index (χ1v) is 7.95. The Hall–Kier alpha value is -1.62. The Morgan fingerprint density at radius 1 is 1.41 bits per heavy atom. The van der Waals surface area contributed by atoms with Crippen LogP contribution in [0.2, 0.25) is 0 Å². The molecule has 0 aliphatic carbocycles. The maximum Gasteiger partial charge on any atom is 0.511 e. The van der Waals surface area contributed by atoms with Gasteiger partial charge in [0.1, 0.15) is 5.82 Å². The van der Waals surface area contributed by atoms with Crippen LogP contribution in [0.25, 0.3) is 0 Å². The van der Waals surface area contributed by atoms with E-state index in [-0.39, 0.29) is 13.0 Å². The number of hydrogen-bond acceptors (Lipinski definition) is 4. The SMILES string of the molecule is Cc1cnc2n1CCN(C(=O)CCNS(=O)(=O)C(F)(F)F)C2. The molecule has 0 fully saturated rings. The number of alkyl halides is 3. The summed E-state index contributed by atoms with van der Waals surface area (Å²) in [5, 5.41) is 0. The minimum absolute atomic E-state index is 0.263. The number of aryl methyl sites for hydroxylation is 1. The van der Waals surface area contributed by atoms with Crippen molar-refractivity contribution in [2.45, 2.75) is 31.9 Å². The Morgan fingerprint density at radius 2 is 2.09 bits per heavy atom. The van der Waals surface area contributed by atoms with E-state index in [4.69, 9.17) is 0 Å². The van der Waals surface area contributed by atoms with Gasteiger partial charge in [0, 0.05) is 37.9 Å². The summed E-state index contributed by atoms with van der Waals surface area (Å²) in [5.41, 5.74) is -4.40. The summed E-state index contributed by atoms with van der Waals surface area (Å²) in [6, 6.07) is 0. The minimum Gasteiger partial charge on any atom is -0.333 e. The summed E-state index contributed by atoms with van der Waals surface area (Å²) in [6.07, 6.45) is 1.34. The van der Waals surface area contributed by atoms with Crippen molar-refractivity contribution < 1.29 is 26.4 Å². The van der Waals surface area contributed by atoms with Crippen molar-refractivity contribution in [1.29, 1.82) is 0 Å². The highest BCUT2D eigenvalue weighted by Gasteiger charge is 2.45. The standard InChI is InChI=1S/C11H15F3N4O3S/c1-8-6-15-9-7-17(4-5-18(8)9)10(19)2-3-16-22(20,21)11(12,13)14/h6,16H,2-5,7H2,1H3. The van der Waals surface area contributed by atoms with Crippen molar-refractivity contribution in [2.75, 3.05) is 13.1 Å². The van der Waals surface area contributed by atoms with Crippen LogP contribution in [0.4, 0.5) is 13.2 Å². The molecule has 7 nitrogen and oxygen atoms in total. The third-order valence-corrected chi connectivity index (χ3v) is 4.55. The van der Waals surface area contributed by atoms with Crippen molar-refractivity contribution in [3.05, 3.63) is 17.7 Å². The molecule has 11 heteroatoms. The van der Waals surface area contributed by atoms with Crippen LogP contribution in [0.3, 0.4) is 0 Å². The minimum atomic E-state index is -5.41. The van der Waals surface area contributed by atoms with Crippen LogP contribution in [-0.4, -0.2) is 47.4 Å². The lowest BCUT2D eigenvalue weighted by atomic mass is 10.3. The molecule has 1 amide bonds. The average molecular weight is 340 g/mol. The molecule has 0 radical (unpaired) electrons. The van der Waals surface area contributed by atoms with Crippen molar-refractivity contribution in [3.8, 4) is 0 Å². The second-order valence-electron chi connectivity index (χ2n) is 4.88. The zero-order valence-electron chi connectivity index (χ0n) is 11.7. The molecule has 22 heavy (non-hydrogen) atoms. The van der Waals surface area contributed by atoms with Crippen LogP contribution in [0.5, 0.6) is 0 Å². The van der Waals surface area contributed by atoms with Gasteiger partial charge in [-0.2, -0.15) is 13.2 Å². The van der Waals surface area contributed by atoms with E-state index in [0.29, 0.717) is 18.9 Å². The molecule has 1 aromatic rings. The van der Waals surface area contributed by atoms with E-state index in [1.165, 1.54) is 9.62 Å². The molecular formula is C11H15F3N4O3S. The van der Waals surface area contributed by atoms with Crippen LogP contribution >= 0.6 is 0 Å². The first kappa shape index (κ1) is 16.7. The van der Waals surface area contributed by atoms with E-state index < -0.39 is 28.0 Å². The summed E-state index contributed by atoms with van der Waals surface area (Å²) < 4.78 is 61.3. The average Bonchev–Trinajstić information content (AvgIpc) is 2.78. The second-order valence-corrected chi connectivity index (χ2v) is 6.63. The van der Waals surface area contributed by atoms with Gasteiger partial charge in [-0.25, -0.2) is 18.1 Å². The Morgan fingerprint density at radius 3 is 2.73 bits per heavy atom. The van der Waals surface area contributed by atoms with E-state index >= 15 is 0 Å². The van der Waals surface area contributed by atoms with Gasteiger partial charge in [-0.3, -0.25) is 4.79 Å². The van der Waals surface area contributed by atoms with Gasteiger partial charge in [-0.15, -0.1) is 0 Å².